The van der Waals surface area contributed by atoms with Gasteiger partial charge in [-0.25, -0.2) is 26.3 Å². The summed E-state index contributed by atoms with van der Waals surface area (Å²) in [7, 11) is 0. The SMILES string of the molecule is Cc1c(F)c(F)c(F)c(F)c1OC(=O)CCOCCOCCOCCOCCOCCC(=O)Oc1c(C)c(F)c(F)c(F)c1F. The third kappa shape index (κ3) is 11.5. The molecule has 0 aliphatic carbocycles. The summed E-state index contributed by atoms with van der Waals surface area (Å²) in [6, 6.07) is 0. The first-order chi connectivity index (χ1) is 21.4. The molecule has 0 spiro atoms. The highest BCUT2D eigenvalue weighted by molar-refractivity contribution is 5.73. The molecule has 252 valence electrons. The van der Waals surface area contributed by atoms with Crippen LogP contribution in [-0.4, -0.2) is 78.0 Å². The second-order valence-corrected chi connectivity index (χ2v) is 8.93. The van der Waals surface area contributed by atoms with Gasteiger partial charge in [0, 0.05) is 11.1 Å². The zero-order chi connectivity index (χ0) is 33.5. The molecule has 0 aromatic heterocycles. The summed E-state index contributed by atoms with van der Waals surface area (Å²) >= 11 is 0. The van der Waals surface area contributed by atoms with Crippen LogP contribution in [0.5, 0.6) is 11.5 Å². The van der Waals surface area contributed by atoms with Crippen molar-refractivity contribution in [3.8, 4) is 11.5 Å². The highest BCUT2D eigenvalue weighted by Gasteiger charge is 2.27. The molecule has 0 saturated carbocycles. The first-order valence-electron chi connectivity index (χ1n) is 13.3. The fourth-order valence-electron chi connectivity index (χ4n) is 3.31. The average molecular weight is 663 g/mol. The molecule has 0 radical (unpaired) electrons. The molecular weight excluding hydrogens is 632 g/mol. The molecule has 0 N–H and O–H groups in total. The van der Waals surface area contributed by atoms with Gasteiger partial charge in [0.25, 0.3) is 0 Å². The van der Waals surface area contributed by atoms with Crippen molar-refractivity contribution in [2.75, 3.05) is 66.1 Å². The van der Waals surface area contributed by atoms with Crippen LogP contribution in [0.25, 0.3) is 0 Å². The third-order valence-electron chi connectivity index (χ3n) is 5.72. The Morgan fingerprint density at radius 3 is 0.933 bits per heavy atom. The molecule has 0 amide bonds. The molecule has 9 nitrogen and oxygen atoms in total. The molecule has 17 heteroatoms. The van der Waals surface area contributed by atoms with Crippen LogP contribution < -0.4 is 9.47 Å². The van der Waals surface area contributed by atoms with Crippen LogP contribution in [0.1, 0.15) is 24.0 Å². The number of esters is 2. The third-order valence-corrected chi connectivity index (χ3v) is 5.72. The van der Waals surface area contributed by atoms with E-state index >= 15 is 0 Å². The number of carbonyl (C=O) groups is 2. The molecule has 0 heterocycles. The lowest BCUT2D eigenvalue weighted by Crippen LogP contribution is -2.17. The van der Waals surface area contributed by atoms with E-state index < -0.39 is 81.1 Å². The lowest BCUT2D eigenvalue weighted by molar-refractivity contribution is -0.136. The summed E-state index contributed by atoms with van der Waals surface area (Å²) in [5.74, 6) is -19.3. The average Bonchev–Trinajstić information content (AvgIpc) is 3.02. The van der Waals surface area contributed by atoms with E-state index in [-0.39, 0.29) is 78.9 Å². The van der Waals surface area contributed by atoms with Crippen LogP contribution in [0.4, 0.5) is 35.1 Å². The van der Waals surface area contributed by atoms with Gasteiger partial charge >= 0.3 is 11.9 Å². The maximum atomic E-state index is 13.7. The van der Waals surface area contributed by atoms with E-state index in [1.807, 2.05) is 0 Å². The minimum absolute atomic E-state index is 0.0845. The quantitative estimate of drug-likeness (QED) is 0.0495. The van der Waals surface area contributed by atoms with Crippen LogP contribution in [0.3, 0.4) is 0 Å². The zero-order valence-electron chi connectivity index (χ0n) is 24.2. The molecule has 2 aromatic rings. The summed E-state index contributed by atoms with van der Waals surface area (Å²) in [5, 5.41) is 0. The lowest BCUT2D eigenvalue weighted by Gasteiger charge is -2.11. The molecule has 2 rings (SSSR count). The summed E-state index contributed by atoms with van der Waals surface area (Å²) < 4.78 is 143. The van der Waals surface area contributed by atoms with E-state index in [2.05, 4.69) is 9.47 Å². The number of rotatable bonds is 20. The predicted octanol–water partition coefficient (Wildman–Crippen LogP) is 4.79. The van der Waals surface area contributed by atoms with Gasteiger partial charge in [0.1, 0.15) is 0 Å². The second-order valence-electron chi connectivity index (χ2n) is 8.93. The molecule has 0 saturated heterocycles. The van der Waals surface area contributed by atoms with E-state index in [4.69, 9.17) is 23.7 Å². The van der Waals surface area contributed by atoms with Crippen LogP contribution in [0.15, 0.2) is 0 Å². The van der Waals surface area contributed by atoms with Crippen molar-refractivity contribution in [3.05, 3.63) is 57.7 Å². The van der Waals surface area contributed by atoms with Crippen molar-refractivity contribution >= 4 is 11.9 Å². The summed E-state index contributed by atoms with van der Waals surface area (Å²) in [6.45, 7) is 2.89. The van der Waals surface area contributed by atoms with Gasteiger partial charge in [-0.1, -0.05) is 0 Å². The molecule has 0 bridgehead atoms. The molecular formula is C28H30F8O9. The highest BCUT2D eigenvalue weighted by Crippen LogP contribution is 2.31. The standard InChI is InChI=1S/C28H30F8O9/c1-15-19(29)21(31)23(33)25(35)27(15)44-17(37)3-5-39-7-9-41-11-13-43-14-12-42-10-8-40-6-4-18(38)45-28-16(2)20(30)22(32)24(34)26(28)36/h3-14H2,1-2H3. The van der Waals surface area contributed by atoms with E-state index in [1.165, 1.54) is 0 Å². The van der Waals surface area contributed by atoms with Crippen molar-refractivity contribution in [3.63, 3.8) is 0 Å². The summed E-state index contributed by atoms with van der Waals surface area (Å²) in [4.78, 5) is 23.5. The normalized spacial score (nSPS) is 11.2. The topological polar surface area (TPSA) is 98.8 Å². The number of carbonyl (C=O) groups excluding carboxylic acids is 2. The Bertz CT molecular complexity index is 1150. The number of benzene rings is 2. The largest absolute Gasteiger partial charge is 0.423 e. The molecule has 0 atom stereocenters. The smallest absolute Gasteiger partial charge is 0.313 e. The van der Waals surface area contributed by atoms with Gasteiger partial charge < -0.3 is 33.2 Å². The van der Waals surface area contributed by atoms with Gasteiger partial charge in [-0.05, 0) is 13.8 Å². The maximum Gasteiger partial charge on any atom is 0.313 e. The van der Waals surface area contributed by atoms with Crippen LogP contribution in [0.2, 0.25) is 0 Å². The van der Waals surface area contributed by atoms with E-state index in [0.717, 1.165) is 13.8 Å². The summed E-state index contributed by atoms with van der Waals surface area (Å²) in [6.07, 6.45) is -0.744. The fourth-order valence-corrected chi connectivity index (χ4v) is 3.31. The Labute approximate surface area is 252 Å². The van der Waals surface area contributed by atoms with Crippen LogP contribution in [-0.2, 0) is 33.3 Å². The van der Waals surface area contributed by atoms with Crippen LogP contribution in [0, 0.1) is 60.4 Å². The number of halogens is 8. The summed E-state index contributed by atoms with van der Waals surface area (Å²) in [5.41, 5.74) is -1.38. The molecule has 0 aliphatic heterocycles. The van der Waals surface area contributed by atoms with Gasteiger partial charge in [-0.3, -0.25) is 9.59 Å². The Morgan fingerprint density at radius 1 is 0.400 bits per heavy atom. The zero-order valence-corrected chi connectivity index (χ0v) is 24.2. The Morgan fingerprint density at radius 2 is 0.644 bits per heavy atom. The molecule has 0 aliphatic rings. The van der Waals surface area contributed by atoms with Gasteiger partial charge in [0.2, 0.25) is 23.3 Å². The van der Waals surface area contributed by atoms with Crippen molar-refractivity contribution in [2.45, 2.75) is 26.7 Å². The Kier molecular flexibility index (Phi) is 16.1. The lowest BCUT2D eigenvalue weighted by atomic mass is 10.2. The van der Waals surface area contributed by atoms with Gasteiger partial charge in [-0.15, -0.1) is 0 Å². The van der Waals surface area contributed by atoms with Crippen LogP contribution >= 0.6 is 0 Å². The molecule has 0 fully saturated rings. The predicted molar refractivity (Wildman–Crippen MR) is 137 cm³/mol. The van der Waals surface area contributed by atoms with Gasteiger partial charge in [-0.2, -0.15) is 8.78 Å². The van der Waals surface area contributed by atoms with Gasteiger partial charge in [0.05, 0.1) is 78.9 Å². The Balaban J connectivity index is 1.41. The van der Waals surface area contributed by atoms with Crippen molar-refractivity contribution in [1.82, 2.24) is 0 Å². The molecule has 2 aromatic carbocycles. The first-order valence-corrected chi connectivity index (χ1v) is 13.3. The Hall–Kier alpha value is -3.38. The first kappa shape index (κ1) is 37.8. The van der Waals surface area contributed by atoms with E-state index in [0.29, 0.717) is 0 Å². The molecule has 0 unspecified atom stereocenters. The van der Waals surface area contributed by atoms with Gasteiger partial charge in [0.15, 0.2) is 34.8 Å². The van der Waals surface area contributed by atoms with Crippen molar-refractivity contribution < 1.29 is 77.9 Å². The number of hydrogen-bond donors (Lipinski definition) is 0. The van der Waals surface area contributed by atoms with E-state index in [1.54, 1.807) is 0 Å². The highest BCUT2D eigenvalue weighted by atomic mass is 19.2. The number of hydrogen-bond acceptors (Lipinski definition) is 9. The van der Waals surface area contributed by atoms with Crippen molar-refractivity contribution in [1.29, 1.82) is 0 Å². The fraction of sp³-hybridized carbons (Fsp3) is 0.500. The number of ether oxygens (including phenoxy) is 7. The van der Waals surface area contributed by atoms with E-state index in [9.17, 15) is 44.7 Å². The minimum Gasteiger partial charge on any atom is -0.423 e. The van der Waals surface area contributed by atoms with Crippen molar-refractivity contribution in [2.24, 2.45) is 0 Å². The minimum atomic E-state index is -2.09. The monoisotopic (exact) mass is 662 g/mol. The second kappa shape index (κ2) is 19.2. The maximum absolute atomic E-state index is 13.7. The molecule has 45 heavy (non-hydrogen) atoms.